The minimum absolute atomic E-state index is 0.0225. The molecule has 0 saturated heterocycles. The van der Waals surface area contributed by atoms with E-state index in [9.17, 15) is 9.59 Å². The predicted octanol–water partition coefficient (Wildman–Crippen LogP) is 3.81. The molecule has 0 fully saturated rings. The van der Waals surface area contributed by atoms with Crippen molar-refractivity contribution in [2.24, 2.45) is 0 Å². The Kier molecular flexibility index (Phi) is 7.89. The van der Waals surface area contributed by atoms with Gasteiger partial charge in [-0.25, -0.2) is 4.98 Å². The van der Waals surface area contributed by atoms with Gasteiger partial charge in [0.25, 0.3) is 5.91 Å². The van der Waals surface area contributed by atoms with Crippen LogP contribution in [0.5, 0.6) is 0 Å². The van der Waals surface area contributed by atoms with Crippen LogP contribution in [0.4, 0.5) is 0 Å². The average molecular weight is 409 g/mol. The highest BCUT2D eigenvalue weighted by atomic mass is 32.1. The summed E-state index contributed by atoms with van der Waals surface area (Å²) < 4.78 is 0. The largest absolute Gasteiger partial charge is 0.352 e. The van der Waals surface area contributed by atoms with Crippen molar-refractivity contribution in [3.63, 3.8) is 0 Å². The predicted molar refractivity (Wildman–Crippen MR) is 114 cm³/mol. The van der Waals surface area contributed by atoms with Crippen LogP contribution in [-0.4, -0.2) is 28.3 Å². The summed E-state index contributed by atoms with van der Waals surface area (Å²) in [5.41, 5.74) is 2.50. The molecule has 0 aliphatic carbocycles. The van der Waals surface area contributed by atoms with Gasteiger partial charge in [-0.05, 0) is 37.1 Å². The zero-order valence-corrected chi connectivity index (χ0v) is 17.0. The number of unbranched alkanes of at least 4 members (excludes halogenated alkanes) is 2. The molecule has 2 aromatic heterocycles. The lowest BCUT2D eigenvalue weighted by atomic mass is 10.1. The molecule has 2 N–H and O–H groups in total. The van der Waals surface area contributed by atoms with Gasteiger partial charge in [0.15, 0.2) is 0 Å². The Morgan fingerprint density at radius 2 is 1.83 bits per heavy atom. The number of pyridine rings is 1. The Morgan fingerprint density at radius 1 is 0.966 bits per heavy atom. The maximum Gasteiger partial charge on any atom is 0.251 e. The number of thiazole rings is 1. The van der Waals surface area contributed by atoms with Crippen LogP contribution in [0.15, 0.2) is 60.2 Å². The Morgan fingerprint density at radius 3 is 2.62 bits per heavy atom. The molecular formula is C22H24N4O2S. The molecule has 0 aliphatic heterocycles. The van der Waals surface area contributed by atoms with Gasteiger partial charge in [0.1, 0.15) is 5.01 Å². The summed E-state index contributed by atoms with van der Waals surface area (Å²) >= 11 is 1.54. The molecule has 3 rings (SSSR count). The second-order valence-electron chi connectivity index (χ2n) is 6.60. The maximum atomic E-state index is 12.0. The summed E-state index contributed by atoms with van der Waals surface area (Å²) in [6.45, 7) is 1.05. The summed E-state index contributed by atoms with van der Waals surface area (Å²) in [5, 5.41) is 8.67. The molecule has 0 bridgehead atoms. The number of rotatable bonds is 10. The highest BCUT2D eigenvalue weighted by molar-refractivity contribution is 7.13. The molecule has 2 heterocycles. The molecule has 150 valence electrons. The van der Waals surface area contributed by atoms with Gasteiger partial charge in [-0.1, -0.05) is 24.6 Å². The van der Waals surface area contributed by atoms with Crippen molar-refractivity contribution in [3.8, 4) is 10.6 Å². The lowest BCUT2D eigenvalue weighted by Crippen LogP contribution is -2.24. The lowest BCUT2D eigenvalue weighted by molar-refractivity contribution is -0.121. The Balaban J connectivity index is 1.27. The number of carbonyl (C=O) groups is 2. The van der Waals surface area contributed by atoms with E-state index in [1.165, 1.54) is 0 Å². The molecule has 0 unspecified atom stereocenters. The standard InChI is InChI=1S/C22H24N4O2S/c27-20(11-5-2-6-13-24-21(28)17-8-3-1-4-9-17)25-15-19-16-29-22(26-19)18-10-7-12-23-14-18/h1,3-4,7-10,12,14,16H,2,5-6,11,13,15H2,(H,24,28)(H,25,27). The molecule has 3 aromatic rings. The lowest BCUT2D eigenvalue weighted by Gasteiger charge is -2.06. The average Bonchev–Trinajstić information content (AvgIpc) is 3.25. The normalized spacial score (nSPS) is 10.5. The highest BCUT2D eigenvalue weighted by Crippen LogP contribution is 2.22. The SMILES string of the molecule is O=C(CCCCCNC(=O)c1ccccc1)NCc1csc(-c2cccnc2)n1. The first-order chi connectivity index (χ1) is 14.2. The van der Waals surface area contributed by atoms with E-state index in [0.29, 0.717) is 25.1 Å². The first kappa shape index (κ1) is 20.7. The Bertz CT molecular complexity index is 913. The Hall–Kier alpha value is -3.06. The summed E-state index contributed by atoms with van der Waals surface area (Å²) in [6, 6.07) is 13.0. The minimum atomic E-state index is -0.0581. The van der Waals surface area contributed by atoms with Crippen molar-refractivity contribution in [1.82, 2.24) is 20.6 Å². The van der Waals surface area contributed by atoms with E-state index in [4.69, 9.17) is 0 Å². The summed E-state index contributed by atoms with van der Waals surface area (Å²) in [7, 11) is 0. The minimum Gasteiger partial charge on any atom is -0.352 e. The topological polar surface area (TPSA) is 84.0 Å². The van der Waals surface area contributed by atoms with E-state index in [1.54, 1.807) is 35.9 Å². The molecule has 29 heavy (non-hydrogen) atoms. The van der Waals surface area contributed by atoms with E-state index >= 15 is 0 Å². The van der Waals surface area contributed by atoms with Crippen molar-refractivity contribution >= 4 is 23.2 Å². The second-order valence-corrected chi connectivity index (χ2v) is 7.45. The fourth-order valence-corrected chi connectivity index (χ4v) is 3.58. The van der Waals surface area contributed by atoms with Gasteiger partial charge in [0.2, 0.25) is 5.91 Å². The zero-order valence-electron chi connectivity index (χ0n) is 16.1. The first-order valence-corrected chi connectivity index (χ1v) is 10.5. The van der Waals surface area contributed by atoms with E-state index in [1.807, 2.05) is 35.7 Å². The van der Waals surface area contributed by atoms with E-state index in [0.717, 1.165) is 35.5 Å². The number of nitrogens with zero attached hydrogens (tertiary/aromatic N) is 2. The number of nitrogens with one attached hydrogen (secondary N) is 2. The summed E-state index contributed by atoms with van der Waals surface area (Å²) in [5.74, 6) is -0.0356. The monoisotopic (exact) mass is 408 g/mol. The van der Waals surface area contributed by atoms with Gasteiger partial charge < -0.3 is 10.6 Å². The number of hydrogen-bond donors (Lipinski definition) is 2. The van der Waals surface area contributed by atoms with E-state index in [2.05, 4.69) is 20.6 Å². The molecule has 0 radical (unpaired) electrons. The number of hydrogen-bond acceptors (Lipinski definition) is 5. The van der Waals surface area contributed by atoms with Gasteiger partial charge in [0.05, 0.1) is 12.2 Å². The van der Waals surface area contributed by atoms with Crippen molar-refractivity contribution < 1.29 is 9.59 Å². The van der Waals surface area contributed by atoms with Crippen LogP contribution in [0, 0.1) is 0 Å². The van der Waals surface area contributed by atoms with E-state index < -0.39 is 0 Å². The molecule has 0 aliphatic rings. The molecule has 7 heteroatoms. The van der Waals surface area contributed by atoms with Crippen LogP contribution in [-0.2, 0) is 11.3 Å². The van der Waals surface area contributed by atoms with Crippen LogP contribution < -0.4 is 10.6 Å². The van der Waals surface area contributed by atoms with Crippen molar-refractivity contribution in [1.29, 1.82) is 0 Å². The summed E-state index contributed by atoms with van der Waals surface area (Å²) in [6.07, 6.45) is 6.53. The van der Waals surface area contributed by atoms with Crippen molar-refractivity contribution in [2.45, 2.75) is 32.2 Å². The first-order valence-electron chi connectivity index (χ1n) is 9.67. The van der Waals surface area contributed by atoms with Gasteiger partial charge in [-0.2, -0.15) is 0 Å². The molecule has 1 aromatic carbocycles. The van der Waals surface area contributed by atoms with Crippen LogP contribution in [0.2, 0.25) is 0 Å². The quantitative estimate of drug-likeness (QED) is 0.500. The Labute approximate surface area is 174 Å². The number of carbonyl (C=O) groups excluding carboxylic acids is 2. The fourth-order valence-electron chi connectivity index (χ4n) is 2.77. The van der Waals surface area contributed by atoms with Gasteiger partial charge >= 0.3 is 0 Å². The molecule has 0 atom stereocenters. The second kappa shape index (κ2) is 11.1. The maximum absolute atomic E-state index is 12.0. The number of benzene rings is 1. The third-order valence-electron chi connectivity index (χ3n) is 4.33. The fraction of sp³-hybridized carbons (Fsp3) is 0.273. The summed E-state index contributed by atoms with van der Waals surface area (Å²) in [4.78, 5) is 32.6. The van der Waals surface area contributed by atoms with Gasteiger partial charge in [-0.3, -0.25) is 14.6 Å². The van der Waals surface area contributed by atoms with Crippen LogP contribution in [0.25, 0.3) is 10.6 Å². The zero-order chi connectivity index (χ0) is 20.3. The van der Waals surface area contributed by atoms with Crippen LogP contribution in [0.1, 0.15) is 41.7 Å². The highest BCUT2D eigenvalue weighted by Gasteiger charge is 2.07. The van der Waals surface area contributed by atoms with Crippen LogP contribution in [0.3, 0.4) is 0 Å². The number of aromatic nitrogens is 2. The van der Waals surface area contributed by atoms with Crippen molar-refractivity contribution in [2.75, 3.05) is 6.54 Å². The number of amides is 2. The smallest absolute Gasteiger partial charge is 0.251 e. The van der Waals surface area contributed by atoms with Crippen molar-refractivity contribution in [3.05, 3.63) is 71.5 Å². The van der Waals surface area contributed by atoms with Gasteiger partial charge in [-0.15, -0.1) is 11.3 Å². The molecule has 2 amide bonds. The third-order valence-corrected chi connectivity index (χ3v) is 5.27. The molecule has 0 spiro atoms. The van der Waals surface area contributed by atoms with Crippen LogP contribution >= 0.6 is 11.3 Å². The van der Waals surface area contributed by atoms with Gasteiger partial charge in [0, 0.05) is 41.9 Å². The van der Waals surface area contributed by atoms with E-state index in [-0.39, 0.29) is 11.8 Å². The third kappa shape index (κ3) is 6.80. The molecule has 0 saturated carbocycles. The molecular weight excluding hydrogens is 384 g/mol. The molecule has 6 nitrogen and oxygen atoms in total.